The monoisotopic (exact) mass is 465 g/mol. The average Bonchev–Trinajstić information content (AvgIpc) is 3.49. The van der Waals surface area contributed by atoms with Gasteiger partial charge in [0.1, 0.15) is 17.2 Å². The van der Waals surface area contributed by atoms with Crippen molar-refractivity contribution in [3.05, 3.63) is 101 Å². The Morgan fingerprint density at radius 2 is 1.68 bits per heavy atom. The topological polar surface area (TPSA) is 109 Å². The third kappa shape index (κ3) is 3.66. The summed E-state index contributed by atoms with van der Waals surface area (Å²) in [6.07, 6.45) is 0.629. The van der Waals surface area contributed by atoms with Gasteiger partial charge in [-0.05, 0) is 41.0 Å². The van der Waals surface area contributed by atoms with Crippen molar-refractivity contribution in [1.82, 2.24) is 30.4 Å². The van der Waals surface area contributed by atoms with Crippen LogP contribution in [0.4, 0.5) is 5.82 Å². The maximum atomic E-state index is 6.12. The van der Waals surface area contributed by atoms with Crippen LogP contribution >= 0.6 is 11.6 Å². The highest BCUT2D eigenvalue weighted by Gasteiger charge is 2.22. The molecule has 1 atom stereocenters. The van der Waals surface area contributed by atoms with Crippen LogP contribution in [0.5, 0.6) is 0 Å². The first kappa shape index (κ1) is 20.4. The van der Waals surface area contributed by atoms with Crippen molar-refractivity contribution in [1.29, 1.82) is 0 Å². The van der Waals surface area contributed by atoms with Crippen molar-refractivity contribution in [3.8, 4) is 11.1 Å². The number of hydrogen-bond acceptors (Lipinski definition) is 5. The zero-order valence-corrected chi connectivity index (χ0v) is 18.8. The molecule has 0 saturated heterocycles. The van der Waals surface area contributed by atoms with Crippen LogP contribution in [0.2, 0.25) is 5.02 Å². The number of pyridine rings is 1. The van der Waals surface area contributed by atoms with Gasteiger partial charge in [-0.25, -0.2) is 9.97 Å². The predicted octanol–water partition coefficient (Wildman–Crippen LogP) is 5.51. The van der Waals surface area contributed by atoms with E-state index in [9.17, 15) is 0 Å². The molecule has 6 rings (SSSR count). The Hall–Kier alpha value is -4.23. The third-order valence-corrected chi connectivity index (χ3v) is 6.29. The first-order valence-corrected chi connectivity index (χ1v) is 11.3. The van der Waals surface area contributed by atoms with Crippen LogP contribution in [-0.2, 0) is 6.42 Å². The SMILES string of the molecule is Nc1cc([C@H](Cc2nc3c(-c4ccc(Cl)cc4)cccc3[nH]2)c2ccccc2)c2n[nH]nc2n1. The quantitative estimate of drug-likeness (QED) is 0.311. The van der Waals surface area contributed by atoms with E-state index >= 15 is 0 Å². The summed E-state index contributed by atoms with van der Waals surface area (Å²) in [5, 5.41) is 11.9. The summed E-state index contributed by atoms with van der Waals surface area (Å²) in [6.45, 7) is 0. The average molecular weight is 466 g/mol. The molecule has 3 heterocycles. The van der Waals surface area contributed by atoms with Gasteiger partial charge in [-0.15, -0.1) is 5.10 Å². The molecule has 0 fully saturated rings. The van der Waals surface area contributed by atoms with Crippen LogP contribution in [0.25, 0.3) is 33.3 Å². The van der Waals surface area contributed by atoms with Gasteiger partial charge in [-0.2, -0.15) is 10.3 Å². The normalized spacial score (nSPS) is 12.4. The van der Waals surface area contributed by atoms with Gasteiger partial charge in [0, 0.05) is 22.9 Å². The number of para-hydroxylation sites is 1. The molecule has 0 amide bonds. The number of anilines is 1. The van der Waals surface area contributed by atoms with E-state index in [1.807, 2.05) is 60.7 Å². The van der Waals surface area contributed by atoms with Gasteiger partial charge in [-0.3, -0.25) is 0 Å². The first-order valence-electron chi connectivity index (χ1n) is 10.9. The van der Waals surface area contributed by atoms with Crippen LogP contribution in [0, 0.1) is 0 Å². The Morgan fingerprint density at radius 3 is 2.50 bits per heavy atom. The molecule has 0 bridgehead atoms. The second kappa shape index (κ2) is 8.28. The molecule has 166 valence electrons. The number of aromatic amines is 2. The summed E-state index contributed by atoms with van der Waals surface area (Å²) >= 11 is 6.09. The van der Waals surface area contributed by atoms with Gasteiger partial charge in [0.2, 0.25) is 5.65 Å². The number of fused-ring (bicyclic) bond motifs is 2. The van der Waals surface area contributed by atoms with E-state index in [-0.39, 0.29) is 5.92 Å². The standard InChI is InChI=1S/C26H20ClN7/c27-17-11-9-16(10-12-17)18-7-4-8-21-24(18)31-23(29-21)14-19(15-5-2-1-3-6-15)20-13-22(28)30-26-25(20)32-34-33-26/h1-13,19H,14H2,(H,29,31)(H3,28,30,32,33,34)/t19-/m1/s1. The van der Waals surface area contributed by atoms with Gasteiger partial charge in [-0.1, -0.05) is 66.2 Å². The number of nitrogens with one attached hydrogen (secondary N) is 2. The van der Waals surface area contributed by atoms with Crippen LogP contribution in [0.15, 0.2) is 78.9 Å². The fourth-order valence-corrected chi connectivity index (χ4v) is 4.60. The molecule has 0 saturated carbocycles. The van der Waals surface area contributed by atoms with E-state index in [0.717, 1.165) is 39.1 Å². The van der Waals surface area contributed by atoms with Crippen molar-refractivity contribution >= 4 is 39.6 Å². The summed E-state index contributed by atoms with van der Waals surface area (Å²) in [5.41, 5.74) is 13.5. The molecule has 0 radical (unpaired) electrons. The van der Waals surface area contributed by atoms with E-state index in [0.29, 0.717) is 28.4 Å². The first-order chi connectivity index (χ1) is 16.7. The molecule has 0 unspecified atom stereocenters. The van der Waals surface area contributed by atoms with Crippen LogP contribution in [0.1, 0.15) is 22.9 Å². The molecule has 8 heteroatoms. The van der Waals surface area contributed by atoms with Crippen molar-refractivity contribution < 1.29 is 0 Å². The summed E-state index contributed by atoms with van der Waals surface area (Å²) in [4.78, 5) is 12.8. The van der Waals surface area contributed by atoms with E-state index in [4.69, 9.17) is 22.3 Å². The molecule has 7 nitrogen and oxygen atoms in total. The zero-order chi connectivity index (χ0) is 23.1. The molecular weight excluding hydrogens is 446 g/mol. The number of imidazole rings is 1. The lowest BCUT2D eigenvalue weighted by Gasteiger charge is -2.17. The second-order valence-electron chi connectivity index (χ2n) is 8.19. The van der Waals surface area contributed by atoms with Crippen LogP contribution < -0.4 is 5.73 Å². The lowest BCUT2D eigenvalue weighted by molar-refractivity contribution is 0.771. The second-order valence-corrected chi connectivity index (χ2v) is 8.63. The fourth-order valence-electron chi connectivity index (χ4n) is 4.47. The van der Waals surface area contributed by atoms with Crippen molar-refractivity contribution in [3.63, 3.8) is 0 Å². The van der Waals surface area contributed by atoms with E-state index < -0.39 is 0 Å². The Kier molecular flexibility index (Phi) is 4.96. The molecule has 0 aliphatic heterocycles. The number of hydrogen-bond donors (Lipinski definition) is 3. The largest absolute Gasteiger partial charge is 0.384 e. The van der Waals surface area contributed by atoms with Gasteiger partial charge < -0.3 is 10.7 Å². The number of nitrogen functional groups attached to an aromatic ring is 1. The predicted molar refractivity (Wildman–Crippen MR) is 135 cm³/mol. The number of nitrogens with two attached hydrogens (primary N) is 1. The van der Waals surface area contributed by atoms with Gasteiger partial charge in [0.05, 0.1) is 11.0 Å². The Bertz CT molecular complexity index is 1600. The molecule has 34 heavy (non-hydrogen) atoms. The van der Waals surface area contributed by atoms with E-state index in [1.54, 1.807) is 0 Å². The number of H-pyrrole nitrogens is 2. The molecule has 0 aliphatic carbocycles. The zero-order valence-electron chi connectivity index (χ0n) is 18.0. The van der Waals surface area contributed by atoms with Gasteiger partial charge in [0.15, 0.2) is 0 Å². The summed E-state index contributed by atoms with van der Waals surface area (Å²) < 4.78 is 0. The van der Waals surface area contributed by atoms with Crippen LogP contribution in [0.3, 0.4) is 0 Å². The minimum Gasteiger partial charge on any atom is -0.384 e. The molecule has 6 aromatic rings. The van der Waals surface area contributed by atoms with E-state index in [2.05, 4.69) is 43.6 Å². The lowest BCUT2D eigenvalue weighted by atomic mass is 9.88. The fraction of sp³-hybridized carbons (Fsp3) is 0.0769. The van der Waals surface area contributed by atoms with Gasteiger partial charge in [0.25, 0.3) is 0 Å². The minimum absolute atomic E-state index is 0.0429. The third-order valence-electron chi connectivity index (χ3n) is 6.03. The number of benzene rings is 3. The molecule has 4 N–H and O–H groups in total. The number of rotatable bonds is 5. The minimum atomic E-state index is -0.0429. The highest BCUT2D eigenvalue weighted by molar-refractivity contribution is 6.30. The van der Waals surface area contributed by atoms with Crippen molar-refractivity contribution in [2.75, 3.05) is 5.73 Å². The smallest absolute Gasteiger partial charge is 0.203 e. The summed E-state index contributed by atoms with van der Waals surface area (Å²) in [6, 6.07) is 26.1. The highest BCUT2D eigenvalue weighted by atomic mass is 35.5. The van der Waals surface area contributed by atoms with Gasteiger partial charge >= 0.3 is 0 Å². The lowest BCUT2D eigenvalue weighted by Crippen LogP contribution is -2.08. The highest BCUT2D eigenvalue weighted by Crippen LogP contribution is 2.34. The maximum Gasteiger partial charge on any atom is 0.203 e. The Morgan fingerprint density at radius 1 is 0.853 bits per heavy atom. The molecule has 3 aromatic heterocycles. The van der Waals surface area contributed by atoms with Crippen molar-refractivity contribution in [2.24, 2.45) is 0 Å². The number of nitrogens with zero attached hydrogens (tertiary/aromatic N) is 4. The molecular formula is C26H20ClN7. The summed E-state index contributed by atoms with van der Waals surface area (Å²) in [5.74, 6) is 1.24. The Balaban J connectivity index is 1.47. The molecule has 0 aliphatic rings. The summed E-state index contributed by atoms with van der Waals surface area (Å²) in [7, 11) is 0. The molecule has 3 aromatic carbocycles. The van der Waals surface area contributed by atoms with E-state index in [1.165, 1.54) is 0 Å². The van der Waals surface area contributed by atoms with Crippen molar-refractivity contribution in [2.45, 2.75) is 12.3 Å². The maximum absolute atomic E-state index is 6.12. The number of halogens is 1. The van der Waals surface area contributed by atoms with Crippen LogP contribution in [-0.4, -0.2) is 30.4 Å². The number of aromatic nitrogens is 6. The Labute approximate surface area is 200 Å². The molecule has 0 spiro atoms.